The summed E-state index contributed by atoms with van der Waals surface area (Å²) in [6.45, 7) is 1.77. The largest absolute Gasteiger partial charge is 0.492 e. The van der Waals surface area contributed by atoms with Gasteiger partial charge < -0.3 is 14.0 Å². The summed E-state index contributed by atoms with van der Waals surface area (Å²) in [6, 6.07) is 7.54. The number of methoxy groups -OCH3 is 1. The van der Waals surface area contributed by atoms with Crippen molar-refractivity contribution in [3.63, 3.8) is 0 Å². The van der Waals surface area contributed by atoms with Gasteiger partial charge in [-0.3, -0.25) is 9.78 Å². The Bertz CT molecular complexity index is 779. The fourth-order valence-electron chi connectivity index (χ4n) is 2.57. The van der Waals surface area contributed by atoms with Crippen LogP contribution in [0.4, 0.5) is 0 Å². The molecular weight excluding hydrogens is 288 g/mol. The molecule has 0 unspecified atom stereocenters. The lowest BCUT2D eigenvalue weighted by Crippen LogP contribution is -2.17. The molecule has 6 heteroatoms. The number of benzene rings is 1. The van der Waals surface area contributed by atoms with Crippen LogP contribution in [-0.4, -0.2) is 29.9 Å². The van der Waals surface area contributed by atoms with E-state index < -0.39 is 0 Å². The Morgan fingerprint density at radius 3 is 3.14 bits per heavy atom. The number of nitrogens with one attached hydrogen (secondary N) is 1. The van der Waals surface area contributed by atoms with Gasteiger partial charge in [-0.15, -0.1) is 0 Å². The maximum atomic E-state index is 11.8. The van der Waals surface area contributed by atoms with Gasteiger partial charge in [0.15, 0.2) is 4.77 Å². The van der Waals surface area contributed by atoms with Crippen LogP contribution in [-0.2, 0) is 17.7 Å². The fraction of sp³-hybridized carbons (Fsp3) is 0.333. The van der Waals surface area contributed by atoms with Crippen molar-refractivity contribution in [3.8, 4) is 17.0 Å². The van der Waals surface area contributed by atoms with Gasteiger partial charge in [-0.05, 0) is 23.8 Å². The van der Waals surface area contributed by atoms with Gasteiger partial charge in [-0.1, -0.05) is 12.1 Å². The van der Waals surface area contributed by atoms with E-state index in [9.17, 15) is 4.79 Å². The van der Waals surface area contributed by atoms with E-state index in [2.05, 4.69) is 4.98 Å². The van der Waals surface area contributed by atoms with Crippen molar-refractivity contribution < 1.29 is 9.47 Å². The third-order valence-corrected chi connectivity index (χ3v) is 3.87. The standard InChI is InChI=1S/C15H16N2O3S/c1-19-8-6-17-12(9-13(18)16-15(17)21)11-4-2-3-10-5-7-20-14(10)11/h2-4,9H,5-8H2,1H3,(H,16,18,21). The molecule has 1 N–H and O–H groups in total. The molecule has 2 heterocycles. The molecule has 110 valence electrons. The minimum Gasteiger partial charge on any atom is -0.492 e. The van der Waals surface area contributed by atoms with Gasteiger partial charge >= 0.3 is 0 Å². The molecule has 1 aromatic heterocycles. The van der Waals surface area contributed by atoms with E-state index in [0.717, 1.165) is 29.0 Å². The van der Waals surface area contributed by atoms with E-state index in [1.165, 1.54) is 0 Å². The van der Waals surface area contributed by atoms with Crippen molar-refractivity contribution in [3.05, 3.63) is 45.0 Å². The Labute approximate surface area is 127 Å². The number of ether oxygens (including phenoxy) is 2. The predicted molar refractivity (Wildman–Crippen MR) is 82.4 cm³/mol. The van der Waals surface area contributed by atoms with Crippen molar-refractivity contribution >= 4 is 12.2 Å². The van der Waals surface area contributed by atoms with Crippen molar-refractivity contribution in [2.45, 2.75) is 13.0 Å². The summed E-state index contributed by atoms with van der Waals surface area (Å²) in [7, 11) is 1.64. The highest BCUT2D eigenvalue weighted by Crippen LogP contribution is 2.36. The van der Waals surface area contributed by atoms with Gasteiger partial charge in [0.2, 0.25) is 0 Å². The zero-order valence-electron chi connectivity index (χ0n) is 11.7. The second-order valence-corrected chi connectivity index (χ2v) is 5.25. The number of aromatic amines is 1. The van der Waals surface area contributed by atoms with Crippen LogP contribution in [0.15, 0.2) is 29.1 Å². The van der Waals surface area contributed by atoms with Crippen molar-refractivity contribution in [2.75, 3.05) is 20.3 Å². The number of aromatic nitrogens is 2. The summed E-state index contributed by atoms with van der Waals surface area (Å²) in [5.74, 6) is 0.851. The lowest BCUT2D eigenvalue weighted by molar-refractivity contribution is 0.186. The molecule has 0 aliphatic carbocycles. The van der Waals surface area contributed by atoms with Crippen LogP contribution in [0.25, 0.3) is 11.3 Å². The monoisotopic (exact) mass is 304 g/mol. The van der Waals surface area contributed by atoms with Crippen LogP contribution in [0.5, 0.6) is 5.75 Å². The average Bonchev–Trinajstić information content (AvgIpc) is 2.94. The zero-order valence-corrected chi connectivity index (χ0v) is 12.5. The summed E-state index contributed by atoms with van der Waals surface area (Å²) in [5.41, 5.74) is 2.62. The van der Waals surface area contributed by atoms with Gasteiger partial charge in [0, 0.05) is 31.7 Å². The molecule has 21 heavy (non-hydrogen) atoms. The molecule has 1 aliphatic rings. The first-order valence-electron chi connectivity index (χ1n) is 6.79. The van der Waals surface area contributed by atoms with Crippen LogP contribution in [0.3, 0.4) is 0 Å². The highest BCUT2D eigenvalue weighted by molar-refractivity contribution is 7.71. The predicted octanol–water partition coefficient (Wildman–Crippen LogP) is 2.15. The Morgan fingerprint density at radius 1 is 1.48 bits per heavy atom. The van der Waals surface area contributed by atoms with Gasteiger partial charge in [0.1, 0.15) is 5.75 Å². The van der Waals surface area contributed by atoms with Gasteiger partial charge in [0.05, 0.1) is 18.9 Å². The Balaban J connectivity index is 2.20. The first kappa shape index (κ1) is 14.0. The lowest BCUT2D eigenvalue weighted by atomic mass is 10.1. The van der Waals surface area contributed by atoms with E-state index in [1.807, 2.05) is 22.8 Å². The molecule has 0 radical (unpaired) electrons. The van der Waals surface area contributed by atoms with Gasteiger partial charge in [0.25, 0.3) is 5.56 Å². The van der Waals surface area contributed by atoms with Crippen LogP contribution >= 0.6 is 12.2 Å². The smallest absolute Gasteiger partial charge is 0.252 e. The van der Waals surface area contributed by atoms with E-state index in [4.69, 9.17) is 21.7 Å². The zero-order chi connectivity index (χ0) is 14.8. The van der Waals surface area contributed by atoms with Crippen LogP contribution in [0.2, 0.25) is 0 Å². The first-order chi connectivity index (χ1) is 10.2. The highest BCUT2D eigenvalue weighted by Gasteiger charge is 2.19. The molecule has 0 spiro atoms. The third-order valence-electron chi connectivity index (χ3n) is 3.54. The number of rotatable bonds is 4. The summed E-state index contributed by atoms with van der Waals surface area (Å²) in [4.78, 5) is 14.5. The molecule has 0 bridgehead atoms. The second kappa shape index (κ2) is 5.83. The summed E-state index contributed by atoms with van der Waals surface area (Å²) >= 11 is 5.28. The topological polar surface area (TPSA) is 56.2 Å². The molecule has 2 aromatic rings. The number of H-pyrrole nitrogens is 1. The van der Waals surface area contributed by atoms with Crippen molar-refractivity contribution in [2.24, 2.45) is 0 Å². The fourth-order valence-corrected chi connectivity index (χ4v) is 2.86. The lowest BCUT2D eigenvalue weighted by Gasteiger charge is -2.15. The maximum absolute atomic E-state index is 11.8. The highest BCUT2D eigenvalue weighted by atomic mass is 32.1. The molecule has 1 aromatic carbocycles. The molecule has 0 amide bonds. The van der Waals surface area contributed by atoms with Crippen LogP contribution in [0, 0.1) is 4.77 Å². The van der Waals surface area contributed by atoms with E-state index in [0.29, 0.717) is 24.5 Å². The summed E-state index contributed by atoms with van der Waals surface area (Å²) in [5, 5.41) is 0. The van der Waals surface area contributed by atoms with Crippen LogP contribution < -0.4 is 10.3 Å². The maximum Gasteiger partial charge on any atom is 0.252 e. The second-order valence-electron chi connectivity index (χ2n) is 4.86. The number of para-hydroxylation sites is 1. The summed E-state index contributed by atoms with van der Waals surface area (Å²) < 4.78 is 13.1. The molecule has 3 rings (SSSR count). The first-order valence-corrected chi connectivity index (χ1v) is 7.19. The average molecular weight is 304 g/mol. The van der Waals surface area contributed by atoms with E-state index in [-0.39, 0.29) is 5.56 Å². The third kappa shape index (κ3) is 2.64. The minimum atomic E-state index is -0.209. The molecular formula is C15H16N2O3S. The SMILES string of the molecule is COCCn1c(-c2cccc3c2OCC3)cc(=O)[nH]c1=S. The Morgan fingerprint density at radius 2 is 2.33 bits per heavy atom. The Hall–Kier alpha value is -1.92. The molecule has 0 atom stereocenters. The van der Waals surface area contributed by atoms with E-state index in [1.54, 1.807) is 13.2 Å². The number of hydrogen-bond donors (Lipinski definition) is 1. The molecule has 0 saturated heterocycles. The minimum absolute atomic E-state index is 0.209. The normalized spacial score (nSPS) is 13.0. The number of nitrogens with zero attached hydrogens (tertiary/aromatic N) is 1. The summed E-state index contributed by atoms with van der Waals surface area (Å²) in [6.07, 6.45) is 0.894. The molecule has 1 aliphatic heterocycles. The number of fused-ring (bicyclic) bond motifs is 1. The van der Waals surface area contributed by atoms with E-state index >= 15 is 0 Å². The molecule has 5 nitrogen and oxygen atoms in total. The Kier molecular flexibility index (Phi) is 3.90. The van der Waals surface area contributed by atoms with Crippen LogP contribution in [0.1, 0.15) is 5.56 Å². The number of hydrogen-bond acceptors (Lipinski definition) is 4. The quantitative estimate of drug-likeness (QED) is 0.880. The van der Waals surface area contributed by atoms with Crippen molar-refractivity contribution in [1.82, 2.24) is 9.55 Å². The molecule has 0 fully saturated rings. The van der Waals surface area contributed by atoms with Crippen molar-refractivity contribution in [1.29, 1.82) is 0 Å². The van der Waals surface area contributed by atoms with Gasteiger partial charge in [-0.2, -0.15) is 0 Å². The molecule has 0 saturated carbocycles. The van der Waals surface area contributed by atoms with Gasteiger partial charge in [-0.25, -0.2) is 0 Å².